The lowest BCUT2D eigenvalue weighted by atomic mass is 9.87. The number of benzene rings is 1. The maximum atomic E-state index is 12.4. The van der Waals surface area contributed by atoms with Crippen LogP contribution < -0.4 is 0 Å². The average molecular weight is 363 g/mol. The van der Waals surface area contributed by atoms with Crippen molar-refractivity contribution in [1.82, 2.24) is 4.90 Å². The Labute approximate surface area is 151 Å². The van der Waals surface area contributed by atoms with Crippen molar-refractivity contribution in [3.63, 3.8) is 0 Å². The Bertz CT molecular complexity index is 665. The first-order chi connectivity index (χ1) is 12.1. The number of carbonyl (C=O) groups is 3. The van der Waals surface area contributed by atoms with Crippen LogP contribution >= 0.6 is 12.6 Å². The fourth-order valence-corrected chi connectivity index (χ4v) is 4.14. The van der Waals surface area contributed by atoms with E-state index in [1.54, 1.807) is 29.2 Å². The van der Waals surface area contributed by atoms with Gasteiger partial charge in [0.15, 0.2) is 0 Å². The summed E-state index contributed by atoms with van der Waals surface area (Å²) in [5.74, 6) is -1.59. The van der Waals surface area contributed by atoms with Crippen molar-refractivity contribution in [1.29, 1.82) is 0 Å². The van der Waals surface area contributed by atoms with Gasteiger partial charge in [0.05, 0.1) is 18.4 Å². The zero-order chi connectivity index (χ0) is 18.0. The molecule has 25 heavy (non-hydrogen) atoms. The molecule has 2 aliphatic rings. The smallest absolute Gasteiger partial charge is 0.338 e. The van der Waals surface area contributed by atoms with Crippen molar-refractivity contribution in [3.05, 3.63) is 35.9 Å². The standard InChI is InChI=1S/C18H21NO5S/c1-23-18(22)16-13-8-7-12(19(13)15(20)10-25)9-14(16)24-17(21)11-5-3-2-4-6-11/h2-6,12-14,16,25H,7-10H2,1H3/t12?,13?,14-,16+/m0/s1. The van der Waals surface area contributed by atoms with Gasteiger partial charge in [-0.05, 0) is 25.0 Å². The maximum Gasteiger partial charge on any atom is 0.338 e. The van der Waals surface area contributed by atoms with Gasteiger partial charge < -0.3 is 14.4 Å². The minimum absolute atomic E-state index is 0.0286. The molecule has 6 nitrogen and oxygen atoms in total. The van der Waals surface area contributed by atoms with Crippen molar-refractivity contribution >= 4 is 30.5 Å². The number of esters is 2. The van der Waals surface area contributed by atoms with E-state index in [0.29, 0.717) is 18.4 Å². The molecule has 0 aromatic heterocycles. The monoisotopic (exact) mass is 363 g/mol. The molecular formula is C18H21NO5S. The molecule has 0 radical (unpaired) electrons. The number of piperidine rings is 1. The van der Waals surface area contributed by atoms with E-state index in [0.717, 1.165) is 6.42 Å². The molecule has 2 saturated heterocycles. The second-order valence-electron chi connectivity index (χ2n) is 6.35. The normalized spacial score (nSPS) is 27.7. The van der Waals surface area contributed by atoms with Crippen LogP contribution in [0.5, 0.6) is 0 Å². The van der Waals surface area contributed by atoms with Gasteiger partial charge in [-0.1, -0.05) is 18.2 Å². The molecule has 1 aromatic rings. The van der Waals surface area contributed by atoms with Crippen LogP contribution in [0.1, 0.15) is 29.6 Å². The van der Waals surface area contributed by atoms with Gasteiger partial charge in [0.25, 0.3) is 0 Å². The lowest BCUT2D eigenvalue weighted by Crippen LogP contribution is -2.57. The predicted molar refractivity (Wildman–Crippen MR) is 93.3 cm³/mol. The fraction of sp³-hybridized carbons (Fsp3) is 0.500. The van der Waals surface area contributed by atoms with Gasteiger partial charge in [-0.3, -0.25) is 9.59 Å². The quantitative estimate of drug-likeness (QED) is 0.651. The number of hydrogen-bond acceptors (Lipinski definition) is 6. The van der Waals surface area contributed by atoms with Crippen LogP contribution in [0.2, 0.25) is 0 Å². The summed E-state index contributed by atoms with van der Waals surface area (Å²) in [6.07, 6.45) is 1.33. The SMILES string of the molecule is COC(=O)[C@@H]1C2CCC(C[C@@H]1OC(=O)c1ccccc1)N2C(=O)CS. The highest BCUT2D eigenvalue weighted by atomic mass is 32.1. The summed E-state index contributed by atoms with van der Waals surface area (Å²) in [7, 11) is 1.31. The fourth-order valence-electron chi connectivity index (χ4n) is 3.98. The van der Waals surface area contributed by atoms with Gasteiger partial charge in [0.2, 0.25) is 5.91 Å². The number of amides is 1. The molecule has 1 amide bonds. The van der Waals surface area contributed by atoms with Gasteiger partial charge >= 0.3 is 11.9 Å². The molecular weight excluding hydrogens is 342 g/mol. The molecule has 0 aliphatic carbocycles. The van der Waals surface area contributed by atoms with Crippen molar-refractivity contribution in [2.75, 3.05) is 12.9 Å². The largest absolute Gasteiger partial charge is 0.469 e. The lowest BCUT2D eigenvalue weighted by molar-refractivity contribution is -0.159. The number of thiol groups is 1. The summed E-state index contributed by atoms with van der Waals surface area (Å²) in [5, 5.41) is 0. The second kappa shape index (κ2) is 7.47. The van der Waals surface area contributed by atoms with E-state index in [4.69, 9.17) is 9.47 Å². The van der Waals surface area contributed by atoms with Crippen LogP contribution in [0, 0.1) is 5.92 Å². The third-order valence-electron chi connectivity index (χ3n) is 5.03. The Morgan fingerprint density at radius 2 is 1.92 bits per heavy atom. The van der Waals surface area contributed by atoms with Gasteiger partial charge in [-0.15, -0.1) is 0 Å². The summed E-state index contributed by atoms with van der Waals surface area (Å²) in [6.45, 7) is 0. The van der Waals surface area contributed by atoms with Gasteiger partial charge in [-0.2, -0.15) is 12.6 Å². The first kappa shape index (κ1) is 17.8. The molecule has 4 atom stereocenters. The van der Waals surface area contributed by atoms with Crippen molar-refractivity contribution < 1.29 is 23.9 Å². The Hall–Kier alpha value is -2.02. The van der Waals surface area contributed by atoms with Crippen LogP contribution in [0.4, 0.5) is 0 Å². The van der Waals surface area contributed by atoms with Gasteiger partial charge in [0.1, 0.15) is 12.0 Å². The summed E-state index contributed by atoms with van der Waals surface area (Å²) >= 11 is 4.07. The lowest BCUT2D eigenvalue weighted by Gasteiger charge is -2.42. The van der Waals surface area contributed by atoms with E-state index in [2.05, 4.69) is 12.6 Å². The number of hydrogen-bond donors (Lipinski definition) is 1. The van der Waals surface area contributed by atoms with Gasteiger partial charge in [0, 0.05) is 18.5 Å². The third-order valence-corrected chi connectivity index (χ3v) is 5.30. The zero-order valence-electron chi connectivity index (χ0n) is 14.0. The zero-order valence-corrected chi connectivity index (χ0v) is 14.9. The molecule has 1 aromatic carbocycles. The Morgan fingerprint density at radius 3 is 2.56 bits per heavy atom. The molecule has 134 valence electrons. The minimum Gasteiger partial charge on any atom is -0.469 e. The van der Waals surface area contributed by atoms with E-state index in [-0.39, 0.29) is 23.7 Å². The molecule has 0 spiro atoms. The Balaban J connectivity index is 1.83. The summed E-state index contributed by atoms with van der Waals surface area (Å²) in [4.78, 5) is 38.7. The minimum atomic E-state index is -0.666. The number of ether oxygens (including phenoxy) is 2. The van der Waals surface area contributed by atoms with Crippen LogP contribution in [0.25, 0.3) is 0 Å². The van der Waals surface area contributed by atoms with Crippen molar-refractivity contribution in [3.8, 4) is 0 Å². The highest BCUT2D eigenvalue weighted by Gasteiger charge is 2.53. The van der Waals surface area contributed by atoms with Crippen molar-refractivity contribution in [2.45, 2.75) is 37.5 Å². The Kier molecular flexibility index (Phi) is 5.32. The molecule has 2 unspecified atom stereocenters. The molecule has 3 rings (SSSR count). The predicted octanol–water partition coefficient (Wildman–Crippen LogP) is 1.69. The van der Waals surface area contributed by atoms with E-state index in [9.17, 15) is 14.4 Å². The molecule has 2 aliphatic heterocycles. The van der Waals surface area contributed by atoms with Crippen molar-refractivity contribution in [2.24, 2.45) is 5.92 Å². The van der Waals surface area contributed by atoms with Crippen LogP contribution in [-0.4, -0.2) is 53.8 Å². The number of rotatable bonds is 4. The summed E-state index contributed by atoms with van der Waals surface area (Å²) in [6, 6.07) is 8.33. The first-order valence-corrected chi connectivity index (χ1v) is 8.96. The summed E-state index contributed by atoms with van der Waals surface area (Å²) < 4.78 is 10.6. The highest BCUT2D eigenvalue weighted by Crippen LogP contribution is 2.41. The first-order valence-electron chi connectivity index (χ1n) is 8.32. The van der Waals surface area contributed by atoms with E-state index in [1.807, 2.05) is 6.07 Å². The van der Waals surface area contributed by atoms with E-state index in [1.165, 1.54) is 7.11 Å². The summed E-state index contributed by atoms with van der Waals surface area (Å²) in [5.41, 5.74) is 0.437. The number of fused-ring (bicyclic) bond motifs is 2. The van der Waals surface area contributed by atoms with Crippen LogP contribution in [0.15, 0.2) is 30.3 Å². The third kappa shape index (κ3) is 3.38. The number of carbonyl (C=O) groups excluding carboxylic acids is 3. The number of methoxy groups -OCH3 is 1. The molecule has 7 heteroatoms. The molecule has 2 heterocycles. The second-order valence-corrected chi connectivity index (χ2v) is 6.67. The Morgan fingerprint density at radius 1 is 1.20 bits per heavy atom. The molecule has 2 fully saturated rings. The molecule has 0 saturated carbocycles. The van der Waals surface area contributed by atoms with Crippen LogP contribution in [0.3, 0.4) is 0 Å². The van der Waals surface area contributed by atoms with Gasteiger partial charge in [-0.25, -0.2) is 4.79 Å². The van der Waals surface area contributed by atoms with Crippen LogP contribution in [-0.2, 0) is 19.1 Å². The average Bonchev–Trinajstić information content (AvgIpc) is 2.95. The highest BCUT2D eigenvalue weighted by molar-refractivity contribution is 7.81. The molecule has 0 N–H and O–H groups in total. The number of nitrogens with zero attached hydrogens (tertiary/aromatic N) is 1. The van der Waals surface area contributed by atoms with E-state index >= 15 is 0 Å². The van der Waals surface area contributed by atoms with E-state index < -0.39 is 24.0 Å². The maximum absolute atomic E-state index is 12.4. The topological polar surface area (TPSA) is 72.9 Å². The molecule has 2 bridgehead atoms.